The molecule has 0 spiro atoms. The molecular weight excluding hydrogens is 334 g/mol. The fraction of sp³-hybridized carbons (Fsp3) is 0.684. The number of hydrogen-bond donors (Lipinski definition) is 0. The van der Waals surface area contributed by atoms with Crippen molar-refractivity contribution in [1.29, 1.82) is 0 Å². The number of fused-ring (bicyclic) bond motifs is 1. The van der Waals surface area contributed by atoms with Gasteiger partial charge in [0.2, 0.25) is 10.0 Å². The average Bonchev–Trinajstić information content (AvgIpc) is 2.87. The molecule has 0 N–H and O–H groups in total. The van der Waals surface area contributed by atoms with E-state index in [4.69, 9.17) is 0 Å². The number of sulfonamides is 1. The van der Waals surface area contributed by atoms with E-state index in [0.717, 1.165) is 39.1 Å². The van der Waals surface area contributed by atoms with Crippen molar-refractivity contribution in [3.63, 3.8) is 0 Å². The van der Waals surface area contributed by atoms with Crippen LogP contribution in [0.25, 0.3) is 0 Å². The fourth-order valence-electron chi connectivity index (χ4n) is 4.03. The molecule has 6 heteroatoms. The van der Waals surface area contributed by atoms with Gasteiger partial charge in [-0.2, -0.15) is 0 Å². The second-order valence-electron chi connectivity index (χ2n) is 7.51. The van der Waals surface area contributed by atoms with Crippen LogP contribution in [-0.4, -0.2) is 81.1 Å². The van der Waals surface area contributed by atoms with Crippen molar-refractivity contribution in [3.05, 3.63) is 35.4 Å². The lowest BCUT2D eigenvalue weighted by atomic mass is 10.1. The summed E-state index contributed by atoms with van der Waals surface area (Å²) in [6.45, 7) is 5.27. The molecule has 1 heterocycles. The Morgan fingerprint density at radius 2 is 1.72 bits per heavy atom. The van der Waals surface area contributed by atoms with Crippen LogP contribution in [-0.2, 0) is 22.9 Å². The van der Waals surface area contributed by atoms with Crippen LogP contribution in [0, 0.1) is 0 Å². The molecule has 0 unspecified atom stereocenters. The number of hydrogen-bond acceptors (Lipinski definition) is 4. The average molecular weight is 366 g/mol. The van der Waals surface area contributed by atoms with Gasteiger partial charge in [-0.15, -0.1) is 0 Å². The van der Waals surface area contributed by atoms with E-state index in [-0.39, 0.29) is 5.75 Å². The summed E-state index contributed by atoms with van der Waals surface area (Å²) in [5, 5.41) is 0. The van der Waals surface area contributed by atoms with Gasteiger partial charge in [0.05, 0.1) is 5.75 Å². The van der Waals surface area contributed by atoms with Crippen molar-refractivity contribution in [3.8, 4) is 0 Å². The third kappa shape index (κ3) is 4.82. The summed E-state index contributed by atoms with van der Waals surface area (Å²) in [4.78, 5) is 5.09. The molecule has 1 aliphatic heterocycles. The van der Waals surface area contributed by atoms with E-state index < -0.39 is 10.0 Å². The van der Waals surface area contributed by atoms with Crippen molar-refractivity contribution in [2.45, 2.75) is 31.7 Å². The SMILES string of the molecule is CN(C)S(=O)(=O)CCCN1CCCN(C2Cc3ccccc3C2)CC1. The highest BCUT2D eigenvalue weighted by Gasteiger charge is 2.27. The summed E-state index contributed by atoms with van der Waals surface area (Å²) >= 11 is 0. The molecule has 1 aliphatic carbocycles. The second kappa shape index (κ2) is 8.16. The maximum atomic E-state index is 11.9. The van der Waals surface area contributed by atoms with E-state index >= 15 is 0 Å². The molecule has 0 radical (unpaired) electrons. The van der Waals surface area contributed by atoms with Gasteiger partial charge in [0, 0.05) is 33.2 Å². The molecule has 0 saturated carbocycles. The molecule has 1 aromatic carbocycles. The first-order chi connectivity index (χ1) is 12.0. The largest absolute Gasteiger partial charge is 0.302 e. The third-order valence-corrected chi connectivity index (χ3v) is 7.52. The molecule has 1 saturated heterocycles. The van der Waals surface area contributed by atoms with Crippen LogP contribution >= 0.6 is 0 Å². The van der Waals surface area contributed by atoms with Crippen LogP contribution in [0.4, 0.5) is 0 Å². The highest BCUT2D eigenvalue weighted by atomic mass is 32.2. The lowest BCUT2D eigenvalue weighted by molar-refractivity contribution is 0.202. The van der Waals surface area contributed by atoms with E-state index in [1.165, 1.54) is 34.7 Å². The molecule has 25 heavy (non-hydrogen) atoms. The summed E-state index contributed by atoms with van der Waals surface area (Å²) in [6, 6.07) is 9.47. The molecule has 5 nitrogen and oxygen atoms in total. The summed E-state index contributed by atoms with van der Waals surface area (Å²) in [6.07, 6.45) is 4.25. The van der Waals surface area contributed by atoms with E-state index in [1.807, 2.05) is 0 Å². The predicted octanol–water partition coefficient (Wildman–Crippen LogP) is 1.44. The van der Waals surface area contributed by atoms with Crippen LogP contribution < -0.4 is 0 Å². The summed E-state index contributed by atoms with van der Waals surface area (Å²) in [5.41, 5.74) is 3.03. The van der Waals surface area contributed by atoms with Crippen molar-refractivity contribution >= 4 is 10.0 Å². The van der Waals surface area contributed by atoms with Gasteiger partial charge in [0.25, 0.3) is 0 Å². The van der Waals surface area contributed by atoms with Gasteiger partial charge >= 0.3 is 0 Å². The second-order valence-corrected chi connectivity index (χ2v) is 9.82. The van der Waals surface area contributed by atoms with Gasteiger partial charge in [0.15, 0.2) is 0 Å². The van der Waals surface area contributed by atoms with Crippen molar-refractivity contribution < 1.29 is 8.42 Å². The molecule has 2 aliphatic rings. The molecule has 140 valence electrons. The van der Waals surface area contributed by atoms with Crippen LogP contribution in [0.1, 0.15) is 24.0 Å². The van der Waals surface area contributed by atoms with E-state index in [0.29, 0.717) is 6.04 Å². The van der Waals surface area contributed by atoms with Gasteiger partial charge in [-0.05, 0) is 56.4 Å². The van der Waals surface area contributed by atoms with Crippen LogP contribution in [0.3, 0.4) is 0 Å². The maximum absolute atomic E-state index is 11.9. The molecule has 0 bridgehead atoms. The standard InChI is InChI=1S/C19H31N3O2S/c1-20(2)25(23,24)14-6-10-21-9-5-11-22(13-12-21)19-15-17-7-3-4-8-18(17)16-19/h3-4,7-8,19H,5-6,9-16H2,1-2H3. The molecule has 1 aromatic rings. The van der Waals surface area contributed by atoms with Gasteiger partial charge in [-0.1, -0.05) is 24.3 Å². The zero-order valence-corrected chi connectivity index (χ0v) is 16.3. The van der Waals surface area contributed by atoms with Crippen LogP contribution in [0.2, 0.25) is 0 Å². The molecule has 0 aromatic heterocycles. The summed E-state index contributed by atoms with van der Waals surface area (Å²) in [7, 11) is 0.153. The van der Waals surface area contributed by atoms with E-state index in [2.05, 4.69) is 34.1 Å². The zero-order valence-electron chi connectivity index (χ0n) is 15.5. The minimum absolute atomic E-state index is 0.248. The number of rotatable bonds is 6. The first-order valence-corrected chi connectivity index (χ1v) is 11.0. The fourth-order valence-corrected chi connectivity index (χ4v) is 4.89. The quantitative estimate of drug-likeness (QED) is 0.765. The predicted molar refractivity (Wildman–Crippen MR) is 102 cm³/mol. The highest BCUT2D eigenvalue weighted by molar-refractivity contribution is 7.89. The number of nitrogens with zero attached hydrogens (tertiary/aromatic N) is 3. The van der Waals surface area contributed by atoms with Gasteiger partial charge < -0.3 is 4.90 Å². The van der Waals surface area contributed by atoms with Crippen molar-refractivity contribution in [2.75, 3.05) is 52.6 Å². The van der Waals surface area contributed by atoms with Crippen LogP contribution in [0.15, 0.2) is 24.3 Å². The monoisotopic (exact) mass is 365 g/mol. The first-order valence-electron chi connectivity index (χ1n) is 9.39. The van der Waals surface area contributed by atoms with Crippen molar-refractivity contribution in [2.24, 2.45) is 0 Å². The Labute approximate surface area is 152 Å². The third-order valence-electron chi connectivity index (χ3n) is 5.60. The first kappa shape index (κ1) is 18.8. The topological polar surface area (TPSA) is 43.9 Å². The Hall–Kier alpha value is -0.950. The van der Waals surface area contributed by atoms with Gasteiger partial charge in [0.1, 0.15) is 0 Å². The van der Waals surface area contributed by atoms with Gasteiger partial charge in [-0.3, -0.25) is 4.90 Å². The molecule has 1 fully saturated rings. The van der Waals surface area contributed by atoms with E-state index in [9.17, 15) is 8.42 Å². The molecule has 3 rings (SSSR count). The van der Waals surface area contributed by atoms with Crippen molar-refractivity contribution in [1.82, 2.24) is 14.1 Å². The smallest absolute Gasteiger partial charge is 0.213 e. The lowest BCUT2D eigenvalue weighted by Gasteiger charge is -2.27. The summed E-state index contributed by atoms with van der Waals surface area (Å²) < 4.78 is 25.1. The normalized spacial score (nSPS) is 20.8. The van der Waals surface area contributed by atoms with Crippen LogP contribution in [0.5, 0.6) is 0 Å². The lowest BCUT2D eigenvalue weighted by Crippen LogP contribution is -2.39. The Morgan fingerprint density at radius 1 is 1.04 bits per heavy atom. The molecule has 0 amide bonds. The Balaban J connectivity index is 1.45. The summed E-state index contributed by atoms with van der Waals surface area (Å²) in [5.74, 6) is 0.248. The number of benzene rings is 1. The molecular formula is C19H31N3O2S. The molecule has 0 atom stereocenters. The van der Waals surface area contributed by atoms with E-state index in [1.54, 1.807) is 14.1 Å². The highest BCUT2D eigenvalue weighted by Crippen LogP contribution is 2.26. The minimum Gasteiger partial charge on any atom is -0.302 e. The minimum atomic E-state index is -3.07. The Morgan fingerprint density at radius 3 is 2.36 bits per heavy atom. The van der Waals surface area contributed by atoms with Gasteiger partial charge in [-0.25, -0.2) is 12.7 Å². The Kier molecular flexibility index (Phi) is 6.15. The maximum Gasteiger partial charge on any atom is 0.213 e. The zero-order chi connectivity index (χ0) is 17.9. The Bertz CT molecular complexity index is 650.